The minimum Gasteiger partial charge on any atom is -0.381 e. The van der Waals surface area contributed by atoms with Gasteiger partial charge in [0, 0.05) is 19.2 Å². The molecule has 5 heteroatoms. The van der Waals surface area contributed by atoms with Gasteiger partial charge >= 0.3 is 0 Å². The number of carbonyl (C=O) groups excluding carboxylic acids is 1. The molecule has 1 aromatic heterocycles. The third kappa shape index (κ3) is 3.13. The van der Waals surface area contributed by atoms with Crippen LogP contribution in [0.2, 0.25) is 0 Å². The topological polar surface area (TPSA) is 58.2 Å². The van der Waals surface area contributed by atoms with Gasteiger partial charge in [-0.05, 0) is 12.5 Å². The van der Waals surface area contributed by atoms with E-state index in [2.05, 4.69) is 10.2 Å². The van der Waals surface area contributed by atoms with E-state index >= 15 is 0 Å². The maximum Gasteiger partial charge on any atom is 0.228 e. The molecule has 1 aliphatic heterocycles. The Morgan fingerprint density at radius 3 is 2.95 bits per heavy atom. The lowest BCUT2D eigenvalue weighted by Gasteiger charge is -2.19. The molecule has 1 atom stereocenters. The Labute approximate surface area is 123 Å². The molecule has 0 unspecified atom stereocenters. The Morgan fingerprint density at radius 1 is 1.43 bits per heavy atom. The summed E-state index contributed by atoms with van der Waals surface area (Å²) in [5, 5.41) is 7.31. The third-order valence-corrected chi connectivity index (χ3v) is 3.76. The average Bonchev–Trinajstić information content (AvgIpc) is 3.19. The molecule has 0 saturated carbocycles. The number of benzene rings is 1. The number of amides is 1. The zero-order valence-electron chi connectivity index (χ0n) is 12.1. The molecule has 0 bridgehead atoms. The summed E-state index contributed by atoms with van der Waals surface area (Å²) in [6.45, 7) is 1.77. The minimum atomic E-state index is 0.00603. The molecule has 0 radical (unpaired) electrons. The van der Waals surface area contributed by atoms with E-state index in [0.717, 1.165) is 23.4 Å². The smallest absolute Gasteiger partial charge is 0.228 e. The Bertz CT molecular complexity index is 603. The van der Waals surface area contributed by atoms with Crippen LogP contribution in [0.3, 0.4) is 0 Å². The van der Waals surface area contributed by atoms with Crippen LogP contribution in [0.4, 0.5) is 0 Å². The number of nitrogens with zero attached hydrogens (tertiary/aromatic N) is 2. The van der Waals surface area contributed by atoms with E-state index in [1.54, 1.807) is 4.90 Å². The fourth-order valence-electron chi connectivity index (χ4n) is 2.57. The van der Waals surface area contributed by atoms with E-state index in [1.807, 2.05) is 43.4 Å². The second-order valence-corrected chi connectivity index (χ2v) is 5.40. The molecular weight excluding hydrogens is 266 g/mol. The molecule has 5 nitrogen and oxygen atoms in total. The van der Waals surface area contributed by atoms with Crippen LogP contribution in [-0.4, -0.2) is 41.3 Å². The summed E-state index contributed by atoms with van der Waals surface area (Å²) in [6.07, 6.45) is 0.821. The van der Waals surface area contributed by atoms with Crippen molar-refractivity contribution < 1.29 is 9.53 Å². The van der Waals surface area contributed by atoms with Crippen molar-refractivity contribution in [3.8, 4) is 11.3 Å². The molecule has 1 fully saturated rings. The van der Waals surface area contributed by atoms with Gasteiger partial charge in [0.25, 0.3) is 0 Å². The molecule has 0 spiro atoms. The van der Waals surface area contributed by atoms with Gasteiger partial charge in [0.15, 0.2) is 0 Å². The van der Waals surface area contributed by atoms with Crippen LogP contribution < -0.4 is 0 Å². The number of ether oxygens (including phenoxy) is 1. The highest BCUT2D eigenvalue weighted by Gasteiger charge is 2.26. The normalized spacial score (nSPS) is 17.9. The van der Waals surface area contributed by atoms with Crippen molar-refractivity contribution in [1.82, 2.24) is 15.1 Å². The predicted octanol–water partition coefficient (Wildman–Crippen LogP) is 2.07. The molecule has 2 heterocycles. The van der Waals surface area contributed by atoms with Crippen molar-refractivity contribution in [3.05, 3.63) is 42.1 Å². The van der Waals surface area contributed by atoms with Crippen molar-refractivity contribution in [2.24, 2.45) is 5.92 Å². The molecule has 1 aliphatic rings. The third-order valence-electron chi connectivity index (χ3n) is 3.76. The first-order chi connectivity index (χ1) is 10.2. The van der Waals surface area contributed by atoms with E-state index in [-0.39, 0.29) is 11.8 Å². The highest BCUT2D eigenvalue weighted by Crippen LogP contribution is 2.19. The van der Waals surface area contributed by atoms with Crippen molar-refractivity contribution in [1.29, 1.82) is 0 Å². The lowest BCUT2D eigenvalue weighted by Crippen LogP contribution is -2.32. The average molecular weight is 285 g/mol. The Hall–Kier alpha value is -2.14. The van der Waals surface area contributed by atoms with Crippen molar-refractivity contribution in [2.45, 2.75) is 13.0 Å². The maximum atomic E-state index is 12.2. The first kappa shape index (κ1) is 13.8. The van der Waals surface area contributed by atoms with Gasteiger partial charge in [-0.3, -0.25) is 9.89 Å². The lowest BCUT2D eigenvalue weighted by atomic mass is 10.1. The van der Waals surface area contributed by atoms with Crippen molar-refractivity contribution in [3.63, 3.8) is 0 Å². The van der Waals surface area contributed by atoms with Crippen LogP contribution in [0.5, 0.6) is 0 Å². The van der Waals surface area contributed by atoms with Gasteiger partial charge in [-0.15, -0.1) is 0 Å². The molecule has 0 aliphatic carbocycles. The van der Waals surface area contributed by atoms with Crippen LogP contribution in [-0.2, 0) is 16.1 Å². The van der Waals surface area contributed by atoms with Crippen LogP contribution in [0.15, 0.2) is 36.4 Å². The second kappa shape index (κ2) is 6.10. The first-order valence-corrected chi connectivity index (χ1v) is 7.16. The summed E-state index contributed by atoms with van der Waals surface area (Å²) in [4.78, 5) is 14.0. The molecule has 21 heavy (non-hydrogen) atoms. The summed E-state index contributed by atoms with van der Waals surface area (Å²) >= 11 is 0. The van der Waals surface area contributed by atoms with Crippen LogP contribution in [0.25, 0.3) is 11.3 Å². The summed E-state index contributed by atoms with van der Waals surface area (Å²) in [5.74, 6) is 0.148. The number of aromatic amines is 1. The quantitative estimate of drug-likeness (QED) is 0.935. The predicted molar refractivity (Wildman–Crippen MR) is 79.4 cm³/mol. The van der Waals surface area contributed by atoms with Crippen molar-refractivity contribution in [2.75, 3.05) is 20.3 Å². The Kier molecular flexibility index (Phi) is 4.01. The zero-order chi connectivity index (χ0) is 14.7. The number of H-pyrrole nitrogens is 1. The van der Waals surface area contributed by atoms with Gasteiger partial charge in [0.1, 0.15) is 0 Å². The lowest BCUT2D eigenvalue weighted by molar-refractivity contribution is -0.134. The van der Waals surface area contributed by atoms with Crippen LogP contribution in [0, 0.1) is 5.92 Å². The fourth-order valence-corrected chi connectivity index (χ4v) is 2.57. The van der Waals surface area contributed by atoms with Gasteiger partial charge < -0.3 is 9.64 Å². The number of aromatic nitrogens is 2. The molecule has 3 rings (SSSR count). The maximum absolute atomic E-state index is 12.2. The summed E-state index contributed by atoms with van der Waals surface area (Å²) in [7, 11) is 1.82. The number of nitrogens with one attached hydrogen (secondary N) is 1. The molecule has 1 aromatic carbocycles. The largest absolute Gasteiger partial charge is 0.381 e. The summed E-state index contributed by atoms with van der Waals surface area (Å²) < 4.78 is 5.27. The van der Waals surface area contributed by atoms with Gasteiger partial charge in [0.2, 0.25) is 5.91 Å². The summed E-state index contributed by atoms with van der Waals surface area (Å²) in [5.41, 5.74) is 2.90. The summed E-state index contributed by atoms with van der Waals surface area (Å²) in [6, 6.07) is 12.0. The van der Waals surface area contributed by atoms with Gasteiger partial charge in [-0.25, -0.2) is 0 Å². The second-order valence-electron chi connectivity index (χ2n) is 5.40. The molecule has 110 valence electrons. The number of carbonyl (C=O) groups is 1. The molecular formula is C16H19N3O2. The van der Waals surface area contributed by atoms with Crippen LogP contribution >= 0.6 is 0 Å². The molecule has 1 saturated heterocycles. The van der Waals surface area contributed by atoms with E-state index in [9.17, 15) is 4.79 Å². The molecule has 1 N–H and O–H groups in total. The minimum absolute atomic E-state index is 0.00603. The van der Waals surface area contributed by atoms with Crippen molar-refractivity contribution >= 4 is 5.91 Å². The van der Waals surface area contributed by atoms with Gasteiger partial charge in [-0.1, -0.05) is 30.3 Å². The number of hydrogen-bond donors (Lipinski definition) is 1. The van der Waals surface area contributed by atoms with E-state index in [4.69, 9.17) is 4.74 Å². The van der Waals surface area contributed by atoms with Gasteiger partial charge in [-0.2, -0.15) is 5.10 Å². The van der Waals surface area contributed by atoms with E-state index < -0.39 is 0 Å². The molecule has 2 aromatic rings. The monoisotopic (exact) mass is 285 g/mol. The van der Waals surface area contributed by atoms with E-state index in [1.165, 1.54) is 0 Å². The van der Waals surface area contributed by atoms with E-state index in [0.29, 0.717) is 19.8 Å². The standard InChI is InChI=1S/C16H19N3O2/c1-19(16(20)13-7-8-21-11-13)10-14-9-15(18-17-14)12-5-3-2-4-6-12/h2-6,9,13H,7-8,10-11H2,1H3,(H,17,18)/t13-/m1/s1. The van der Waals surface area contributed by atoms with Crippen LogP contribution in [0.1, 0.15) is 12.1 Å². The molecule has 1 amide bonds. The zero-order valence-corrected chi connectivity index (χ0v) is 12.1. The SMILES string of the molecule is CN(Cc1cc(-c2ccccc2)n[nH]1)C(=O)[C@@H]1CCOC1. The Balaban J connectivity index is 1.65. The number of hydrogen-bond acceptors (Lipinski definition) is 3. The Morgan fingerprint density at radius 2 is 2.24 bits per heavy atom. The highest BCUT2D eigenvalue weighted by molar-refractivity contribution is 5.79. The highest BCUT2D eigenvalue weighted by atomic mass is 16.5. The number of rotatable bonds is 4. The first-order valence-electron chi connectivity index (χ1n) is 7.16. The fraction of sp³-hybridized carbons (Fsp3) is 0.375. The van der Waals surface area contributed by atoms with Gasteiger partial charge in [0.05, 0.1) is 30.5 Å².